The van der Waals surface area contributed by atoms with E-state index in [0.29, 0.717) is 0 Å². The quantitative estimate of drug-likeness (QED) is 0.527. The molecule has 0 unspecified atom stereocenters. The summed E-state index contributed by atoms with van der Waals surface area (Å²) in [4.78, 5) is 0. The van der Waals surface area contributed by atoms with E-state index in [1.54, 1.807) is 6.26 Å². The fraction of sp³-hybridized carbons (Fsp3) is 0.667. The van der Waals surface area contributed by atoms with E-state index >= 15 is 0 Å². The molecule has 10 heavy (non-hydrogen) atoms. The Morgan fingerprint density at radius 1 is 1.40 bits per heavy atom. The first-order valence-electron chi connectivity index (χ1n) is 3.09. The van der Waals surface area contributed by atoms with Gasteiger partial charge in [-0.1, -0.05) is 0 Å². The molecule has 2 rings (SSSR count). The van der Waals surface area contributed by atoms with Crippen LogP contribution >= 0.6 is 23.8 Å². The Hall–Kier alpha value is 0.200. The van der Waals surface area contributed by atoms with Gasteiger partial charge >= 0.3 is 0 Å². The van der Waals surface area contributed by atoms with Gasteiger partial charge in [0, 0.05) is 5.75 Å². The molecule has 0 radical (unpaired) electrons. The van der Waals surface area contributed by atoms with Crippen molar-refractivity contribution in [2.24, 2.45) is 0 Å². The van der Waals surface area contributed by atoms with E-state index in [1.165, 1.54) is 17.8 Å². The Balaban J connectivity index is 0.0000001000. The van der Waals surface area contributed by atoms with Crippen LogP contribution < -0.4 is 0 Å². The molecule has 2 heterocycles. The van der Waals surface area contributed by atoms with E-state index in [-0.39, 0.29) is 0 Å². The predicted octanol–water partition coefficient (Wildman–Crippen LogP) is 1.89. The average molecular weight is 178 g/mol. The van der Waals surface area contributed by atoms with Crippen molar-refractivity contribution in [1.29, 1.82) is 0 Å². The standard InChI is InChI=1S/C3H6OS.C3H4OS/c1-2-5-3-4-1;1-2-4-5-3-1/h1-3H2;1-2H,3H2. The molecule has 2 nitrogen and oxygen atoms in total. The van der Waals surface area contributed by atoms with Crippen molar-refractivity contribution in [1.82, 2.24) is 0 Å². The minimum Gasteiger partial charge on any atom is -0.433 e. The van der Waals surface area contributed by atoms with Crippen molar-refractivity contribution in [2.45, 2.75) is 0 Å². The summed E-state index contributed by atoms with van der Waals surface area (Å²) in [5.74, 6) is 3.12. The Labute approximate surface area is 69.6 Å². The molecule has 0 aromatic rings. The maximum atomic E-state index is 4.91. The third-order valence-corrected chi connectivity index (χ3v) is 2.29. The number of hydrogen-bond donors (Lipinski definition) is 0. The molecule has 0 atom stereocenters. The summed E-state index contributed by atoms with van der Waals surface area (Å²) < 4.78 is 9.59. The third-order valence-electron chi connectivity index (χ3n) is 0.923. The summed E-state index contributed by atoms with van der Waals surface area (Å²) in [6, 6.07) is 0. The summed E-state index contributed by atoms with van der Waals surface area (Å²) in [5.41, 5.74) is 0. The van der Waals surface area contributed by atoms with Crippen molar-refractivity contribution in [2.75, 3.05) is 24.1 Å². The van der Waals surface area contributed by atoms with Crippen molar-refractivity contribution >= 4 is 23.8 Å². The molecule has 1 saturated heterocycles. The molecule has 0 amide bonds. The molecule has 0 aromatic carbocycles. The monoisotopic (exact) mass is 178 g/mol. The molecule has 2 aliphatic heterocycles. The van der Waals surface area contributed by atoms with E-state index in [4.69, 9.17) is 4.74 Å². The van der Waals surface area contributed by atoms with Crippen LogP contribution in [0.25, 0.3) is 0 Å². The molecule has 2 aliphatic rings. The van der Waals surface area contributed by atoms with Crippen LogP contribution in [0.2, 0.25) is 0 Å². The smallest absolute Gasteiger partial charge is 0.0979 e. The van der Waals surface area contributed by atoms with Gasteiger partial charge in [0.15, 0.2) is 0 Å². The van der Waals surface area contributed by atoms with Gasteiger partial charge in [-0.15, -0.1) is 11.8 Å². The van der Waals surface area contributed by atoms with Gasteiger partial charge < -0.3 is 8.92 Å². The maximum Gasteiger partial charge on any atom is 0.0979 e. The van der Waals surface area contributed by atoms with Crippen LogP contribution in [0.3, 0.4) is 0 Å². The zero-order valence-electron chi connectivity index (χ0n) is 5.62. The molecule has 0 spiro atoms. The van der Waals surface area contributed by atoms with Crippen LogP contribution in [0.4, 0.5) is 0 Å². The Kier molecular flexibility index (Phi) is 4.93. The first-order chi connectivity index (χ1) is 5.00. The summed E-state index contributed by atoms with van der Waals surface area (Å²) in [5, 5.41) is 0. The van der Waals surface area contributed by atoms with Gasteiger partial charge in [0.1, 0.15) is 0 Å². The summed E-state index contributed by atoms with van der Waals surface area (Å²) in [6.07, 6.45) is 3.68. The van der Waals surface area contributed by atoms with Crippen LogP contribution in [0.1, 0.15) is 0 Å². The second-order valence-corrected chi connectivity index (χ2v) is 3.50. The van der Waals surface area contributed by atoms with E-state index in [2.05, 4.69) is 4.18 Å². The topological polar surface area (TPSA) is 18.5 Å². The minimum absolute atomic E-state index is 0.917. The van der Waals surface area contributed by atoms with Gasteiger partial charge in [-0.25, -0.2) is 0 Å². The first-order valence-corrected chi connectivity index (χ1v) is 5.15. The predicted molar refractivity (Wildman–Crippen MR) is 46.0 cm³/mol. The summed E-state index contributed by atoms with van der Waals surface area (Å²) >= 11 is 3.31. The zero-order valence-corrected chi connectivity index (χ0v) is 7.25. The molecule has 0 aliphatic carbocycles. The number of thioether (sulfide) groups is 1. The molecule has 0 bridgehead atoms. The lowest BCUT2D eigenvalue weighted by Gasteiger charge is -1.76. The van der Waals surface area contributed by atoms with E-state index in [9.17, 15) is 0 Å². The van der Waals surface area contributed by atoms with Gasteiger partial charge in [0.2, 0.25) is 0 Å². The van der Waals surface area contributed by atoms with Gasteiger partial charge in [-0.3, -0.25) is 0 Å². The molecule has 4 heteroatoms. The maximum absolute atomic E-state index is 4.91. The van der Waals surface area contributed by atoms with E-state index in [0.717, 1.165) is 18.3 Å². The number of rotatable bonds is 0. The normalized spacial score (nSPS) is 21.6. The highest BCUT2D eigenvalue weighted by Gasteiger charge is 1.94. The summed E-state index contributed by atoms with van der Waals surface area (Å²) in [7, 11) is 0. The number of ether oxygens (including phenoxy) is 1. The second-order valence-electron chi connectivity index (χ2n) is 1.69. The van der Waals surface area contributed by atoms with Gasteiger partial charge in [0.25, 0.3) is 0 Å². The molecule has 0 saturated carbocycles. The summed E-state index contributed by atoms with van der Waals surface area (Å²) in [6.45, 7) is 0.963. The lowest BCUT2D eigenvalue weighted by molar-refractivity contribution is 0.217. The first kappa shape index (κ1) is 8.30. The Morgan fingerprint density at radius 2 is 2.40 bits per heavy atom. The van der Waals surface area contributed by atoms with Crippen molar-refractivity contribution in [3.8, 4) is 0 Å². The SMILES string of the molecule is C1=COSC1.C1CSCO1. The van der Waals surface area contributed by atoms with Gasteiger partial charge in [0.05, 0.1) is 36.6 Å². The fourth-order valence-electron chi connectivity index (χ4n) is 0.491. The highest BCUT2D eigenvalue weighted by atomic mass is 32.2. The molecule has 58 valence electrons. The lowest BCUT2D eigenvalue weighted by atomic mass is 10.7. The van der Waals surface area contributed by atoms with Crippen LogP contribution in [-0.4, -0.2) is 24.1 Å². The molecule has 0 N–H and O–H groups in total. The third kappa shape index (κ3) is 4.09. The molecular weight excluding hydrogens is 168 g/mol. The van der Waals surface area contributed by atoms with Crippen molar-refractivity contribution in [3.63, 3.8) is 0 Å². The van der Waals surface area contributed by atoms with Gasteiger partial charge in [-0.2, -0.15) is 0 Å². The molecule has 0 aromatic heterocycles. The minimum atomic E-state index is 0.917. The van der Waals surface area contributed by atoms with Crippen LogP contribution in [0.15, 0.2) is 12.3 Å². The van der Waals surface area contributed by atoms with Crippen LogP contribution in [-0.2, 0) is 8.92 Å². The van der Waals surface area contributed by atoms with E-state index < -0.39 is 0 Å². The van der Waals surface area contributed by atoms with Crippen LogP contribution in [0.5, 0.6) is 0 Å². The Bertz CT molecular complexity index is 88.3. The zero-order chi connectivity index (χ0) is 7.07. The van der Waals surface area contributed by atoms with Crippen LogP contribution in [0, 0.1) is 0 Å². The molecule has 1 fully saturated rings. The highest BCUT2D eigenvalue weighted by Crippen LogP contribution is 2.08. The number of hydrogen-bond acceptors (Lipinski definition) is 4. The van der Waals surface area contributed by atoms with Crippen molar-refractivity contribution in [3.05, 3.63) is 12.3 Å². The Morgan fingerprint density at radius 3 is 2.60 bits per heavy atom. The van der Waals surface area contributed by atoms with Gasteiger partial charge in [-0.05, 0) is 6.08 Å². The molecular formula is C6H10O2S2. The second kappa shape index (κ2) is 5.95. The largest absolute Gasteiger partial charge is 0.433 e. The fourth-order valence-corrected chi connectivity index (χ4v) is 1.47. The highest BCUT2D eigenvalue weighted by molar-refractivity contribution is 7.99. The van der Waals surface area contributed by atoms with Crippen molar-refractivity contribution < 1.29 is 8.92 Å². The average Bonchev–Trinajstić information content (AvgIpc) is 2.67. The lowest BCUT2D eigenvalue weighted by Crippen LogP contribution is -1.77. The van der Waals surface area contributed by atoms with E-state index in [1.807, 2.05) is 17.8 Å².